The van der Waals surface area contributed by atoms with Crippen LogP contribution in [0.3, 0.4) is 0 Å². The van der Waals surface area contributed by atoms with Gasteiger partial charge in [-0.15, -0.1) is 12.4 Å². The monoisotopic (exact) mass is 377 g/mol. The molecule has 7 heteroatoms. The number of esters is 1. The first-order valence-electron chi connectivity index (χ1n) is 9.44. The Morgan fingerprint density at radius 3 is 1.92 bits per heavy atom. The van der Waals surface area contributed by atoms with Gasteiger partial charge in [0.25, 0.3) is 0 Å². The molecule has 0 unspecified atom stereocenters. The van der Waals surface area contributed by atoms with Gasteiger partial charge >= 0.3 is 5.97 Å². The second kappa shape index (κ2) is 15.4. The van der Waals surface area contributed by atoms with Crippen LogP contribution in [0.5, 0.6) is 0 Å². The Kier molecular flexibility index (Phi) is 14.9. The van der Waals surface area contributed by atoms with Crippen molar-refractivity contribution in [3.8, 4) is 0 Å². The maximum Gasteiger partial charge on any atom is 0.305 e. The van der Waals surface area contributed by atoms with E-state index in [9.17, 15) is 9.59 Å². The molecule has 2 N–H and O–H groups in total. The molecular formula is C18H36ClN3O3. The van der Waals surface area contributed by atoms with E-state index in [1.165, 1.54) is 45.6 Å². The fraction of sp³-hybridized carbons (Fsp3) is 0.889. The Labute approximate surface area is 158 Å². The summed E-state index contributed by atoms with van der Waals surface area (Å²) in [5.74, 6) is -0.0236. The number of hydrogen-bond acceptors (Lipinski definition) is 5. The van der Waals surface area contributed by atoms with Crippen molar-refractivity contribution in [3.05, 3.63) is 0 Å². The van der Waals surface area contributed by atoms with E-state index in [4.69, 9.17) is 5.73 Å². The number of carbonyl (C=O) groups is 2. The van der Waals surface area contributed by atoms with Gasteiger partial charge in [-0.3, -0.25) is 14.5 Å². The molecule has 0 bridgehead atoms. The summed E-state index contributed by atoms with van der Waals surface area (Å²) in [5, 5.41) is 0. The summed E-state index contributed by atoms with van der Waals surface area (Å²) in [5.41, 5.74) is 5.40. The fourth-order valence-corrected chi connectivity index (χ4v) is 3.12. The van der Waals surface area contributed by atoms with E-state index in [0.717, 1.165) is 45.6 Å². The largest absolute Gasteiger partial charge is 0.469 e. The first-order valence-corrected chi connectivity index (χ1v) is 9.44. The van der Waals surface area contributed by atoms with Crippen LogP contribution in [0.25, 0.3) is 0 Å². The first-order chi connectivity index (χ1) is 11.7. The molecule has 1 rings (SSSR count). The molecule has 0 atom stereocenters. The predicted molar refractivity (Wildman–Crippen MR) is 103 cm³/mol. The average Bonchev–Trinajstić information content (AvgIpc) is 2.62. The fourth-order valence-electron chi connectivity index (χ4n) is 3.12. The van der Waals surface area contributed by atoms with E-state index in [-0.39, 0.29) is 30.8 Å². The summed E-state index contributed by atoms with van der Waals surface area (Å²) in [6.07, 6.45) is 10.2. The van der Waals surface area contributed by atoms with Crippen molar-refractivity contribution >= 4 is 24.3 Å². The van der Waals surface area contributed by atoms with Crippen molar-refractivity contribution < 1.29 is 14.3 Å². The molecule has 0 spiro atoms. The summed E-state index contributed by atoms with van der Waals surface area (Å²) in [7, 11) is 1.45. The van der Waals surface area contributed by atoms with E-state index in [2.05, 4.69) is 9.64 Å². The number of unbranched alkanes of at least 4 members (excludes halogenated alkanes) is 7. The van der Waals surface area contributed by atoms with E-state index >= 15 is 0 Å². The maximum atomic E-state index is 11.5. The SMILES string of the molecule is COC(=O)CCCCCCCCCCN1CCN(C(=O)CN)CC1.Cl. The van der Waals surface area contributed by atoms with Crippen LogP contribution in [0, 0.1) is 0 Å². The molecule has 1 heterocycles. The molecule has 1 fully saturated rings. The molecule has 1 aliphatic rings. The van der Waals surface area contributed by atoms with Crippen LogP contribution in [-0.4, -0.2) is 68.1 Å². The van der Waals surface area contributed by atoms with Crippen LogP contribution in [0.2, 0.25) is 0 Å². The van der Waals surface area contributed by atoms with Crippen molar-refractivity contribution in [2.45, 2.75) is 57.8 Å². The van der Waals surface area contributed by atoms with E-state index in [1.54, 1.807) is 0 Å². The number of halogens is 1. The lowest BCUT2D eigenvalue weighted by atomic mass is 10.1. The molecule has 0 saturated carbocycles. The highest BCUT2D eigenvalue weighted by Crippen LogP contribution is 2.11. The van der Waals surface area contributed by atoms with Gasteiger partial charge in [0.2, 0.25) is 5.91 Å². The maximum absolute atomic E-state index is 11.5. The number of ether oxygens (including phenoxy) is 1. The van der Waals surface area contributed by atoms with Crippen LogP contribution in [0.4, 0.5) is 0 Å². The van der Waals surface area contributed by atoms with Gasteiger partial charge in [-0.05, 0) is 19.4 Å². The Balaban J connectivity index is 0.00000576. The second-order valence-electron chi connectivity index (χ2n) is 6.58. The van der Waals surface area contributed by atoms with Gasteiger partial charge in [0, 0.05) is 32.6 Å². The van der Waals surface area contributed by atoms with E-state index < -0.39 is 0 Å². The number of methoxy groups -OCH3 is 1. The lowest BCUT2D eigenvalue weighted by molar-refractivity contribution is -0.140. The van der Waals surface area contributed by atoms with E-state index in [1.807, 2.05) is 4.90 Å². The van der Waals surface area contributed by atoms with Crippen molar-refractivity contribution in [2.24, 2.45) is 5.73 Å². The van der Waals surface area contributed by atoms with Crippen LogP contribution in [0.1, 0.15) is 57.8 Å². The molecule has 148 valence electrons. The van der Waals surface area contributed by atoms with Gasteiger partial charge in [0.15, 0.2) is 0 Å². The number of nitrogens with zero attached hydrogens (tertiary/aromatic N) is 2. The minimum absolute atomic E-state index is 0. The van der Waals surface area contributed by atoms with Gasteiger partial charge in [0.05, 0.1) is 13.7 Å². The zero-order chi connectivity index (χ0) is 17.6. The molecular weight excluding hydrogens is 342 g/mol. The van der Waals surface area contributed by atoms with Crippen molar-refractivity contribution in [2.75, 3.05) is 46.4 Å². The Morgan fingerprint density at radius 2 is 1.40 bits per heavy atom. The van der Waals surface area contributed by atoms with Crippen LogP contribution < -0.4 is 5.73 Å². The normalized spacial score (nSPS) is 14.9. The molecule has 1 saturated heterocycles. The zero-order valence-electron chi connectivity index (χ0n) is 15.7. The summed E-state index contributed by atoms with van der Waals surface area (Å²) < 4.78 is 4.63. The van der Waals surface area contributed by atoms with Crippen LogP contribution in [0.15, 0.2) is 0 Å². The lowest BCUT2D eigenvalue weighted by Crippen LogP contribution is -2.50. The van der Waals surface area contributed by atoms with Gasteiger partial charge < -0.3 is 15.4 Å². The minimum Gasteiger partial charge on any atom is -0.469 e. The first kappa shape index (κ1) is 24.1. The molecule has 1 amide bonds. The minimum atomic E-state index is -0.0942. The Bertz CT molecular complexity index is 361. The van der Waals surface area contributed by atoms with Crippen LogP contribution >= 0.6 is 12.4 Å². The number of nitrogens with two attached hydrogens (primary N) is 1. The molecule has 0 aromatic heterocycles. The average molecular weight is 378 g/mol. The lowest BCUT2D eigenvalue weighted by Gasteiger charge is -2.34. The van der Waals surface area contributed by atoms with Crippen LogP contribution in [-0.2, 0) is 14.3 Å². The standard InChI is InChI=1S/C18H35N3O3.ClH/c1-24-18(23)10-8-6-4-2-3-5-7-9-11-20-12-14-21(15-13-20)17(22)16-19;/h2-16,19H2,1H3;1H. The number of rotatable bonds is 12. The Morgan fingerprint density at radius 1 is 0.880 bits per heavy atom. The number of carbonyl (C=O) groups excluding carboxylic acids is 2. The van der Waals surface area contributed by atoms with Gasteiger partial charge in [-0.25, -0.2) is 0 Å². The van der Waals surface area contributed by atoms with Gasteiger partial charge in [0.1, 0.15) is 0 Å². The highest BCUT2D eigenvalue weighted by molar-refractivity contribution is 5.85. The summed E-state index contributed by atoms with van der Waals surface area (Å²) >= 11 is 0. The molecule has 0 radical (unpaired) electrons. The quantitative estimate of drug-likeness (QED) is 0.416. The number of piperazine rings is 1. The predicted octanol–water partition coefficient (Wildman–Crippen LogP) is 2.19. The third-order valence-electron chi connectivity index (χ3n) is 4.73. The molecule has 0 aliphatic carbocycles. The van der Waals surface area contributed by atoms with E-state index in [0.29, 0.717) is 6.42 Å². The molecule has 25 heavy (non-hydrogen) atoms. The summed E-state index contributed by atoms with van der Waals surface area (Å²) in [4.78, 5) is 26.8. The highest BCUT2D eigenvalue weighted by atomic mass is 35.5. The Hall–Kier alpha value is -0.850. The third-order valence-corrected chi connectivity index (χ3v) is 4.73. The van der Waals surface area contributed by atoms with Gasteiger partial charge in [-0.2, -0.15) is 0 Å². The smallest absolute Gasteiger partial charge is 0.305 e. The van der Waals surface area contributed by atoms with Crippen molar-refractivity contribution in [3.63, 3.8) is 0 Å². The zero-order valence-corrected chi connectivity index (χ0v) is 16.5. The summed E-state index contributed by atoms with van der Waals surface area (Å²) in [6.45, 7) is 4.87. The summed E-state index contributed by atoms with van der Waals surface area (Å²) in [6, 6.07) is 0. The number of amides is 1. The van der Waals surface area contributed by atoms with Crippen molar-refractivity contribution in [1.82, 2.24) is 9.80 Å². The molecule has 0 aromatic carbocycles. The number of hydrogen-bond donors (Lipinski definition) is 1. The topological polar surface area (TPSA) is 75.9 Å². The molecule has 6 nitrogen and oxygen atoms in total. The molecule has 0 aromatic rings. The van der Waals surface area contributed by atoms with Crippen molar-refractivity contribution in [1.29, 1.82) is 0 Å². The second-order valence-corrected chi connectivity index (χ2v) is 6.58. The van der Waals surface area contributed by atoms with Gasteiger partial charge in [-0.1, -0.05) is 38.5 Å². The highest BCUT2D eigenvalue weighted by Gasteiger charge is 2.19. The molecule has 1 aliphatic heterocycles. The third kappa shape index (κ3) is 11.4.